The summed E-state index contributed by atoms with van der Waals surface area (Å²) in [4.78, 5) is 19.2. The van der Waals surface area contributed by atoms with Gasteiger partial charge in [0.05, 0.1) is 30.8 Å². The highest BCUT2D eigenvalue weighted by molar-refractivity contribution is 5.89. The van der Waals surface area contributed by atoms with Crippen LogP contribution in [0.25, 0.3) is 11.0 Å². The fourth-order valence-corrected chi connectivity index (χ4v) is 4.15. The van der Waals surface area contributed by atoms with Gasteiger partial charge in [0.25, 0.3) is 0 Å². The number of anilines is 3. The minimum Gasteiger partial charge on any atom is -0.378 e. The minimum absolute atomic E-state index is 0.157. The van der Waals surface area contributed by atoms with Crippen molar-refractivity contribution in [2.75, 3.05) is 61.1 Å². The molecule has 1 saturated carbocycles. The van der Waals surface area contributed by atoms with Crippen molar-refractivity contribution >= 4 is 28.6 Å². The van der Waals surface area contributed by atoms with Gasteiger partial charge in [-0.05, 0) is 44.7 Å². The topological polar surface area (TPSA) is 75.6 Å². The highest BCUT2D eigenvalue weighted by Crippen LogP contribution is 2.31. The summed E-state index contributed by atoms with van der Waals surface area (Å²) in [6.07, 6.45) is 2.96. The van der Waals surface area contributed by atoms with Crippen LogP contribution < -0.4 is 15.1 Å². The number of aromatic nitrogens is 3. The molecule has 4 heterocycles. The summed E-state index contributed by atoms with van der Waals surface area (Å²) in [6.45, 7) is 9.89. The molecule has 156 valence electrons. The Hall–Kier alpha value is -2.19. The van der Waals surface area contributed by atoms with Crippen molar-refractivity contribution in [1.82, 2.24) is 15.0 Å². The van der Waals surface area contributed by atoms with E-state index in [1.807, 2.05) is 0 Å². The van der Waals surface area contributed by atoms with Crippen molar-refractivity contribution in [3.8, 4) is 0 Å². The van der Waals surface area contributed by atoms with E-state index in [1.165, 1.54) is 12.8 Å². The van der Waals surface area contributed by atoms with Crippen LogP contribution in [-0.2, 0) is 9.47 Å². The van der Waals surface area contributed by atoms with Crippen LogP contribution >= 0.6 is 0 Å². The van der Waals surface area contributed by atoms with Gasteiger partial charge in [-0.15, -0.1) is 0 Å². The number of pyridine rings is 1. The lowest BCUT2D eigenvalue weighted by Crippen LogP contribution is -2.46. The molecule has 8 nitrogen and oxygen atoms in total. The number of rotatable bonds is 5. The highest BCUT2D eigenvalue weighted by atomic mass is 16.5. The second-order valence-corrected chi connectivity index (χ2v) is 8.50. The van der Waals surface area contributed by atoms with E-state index in [1.54, 1.807) is 0 Å². The van der Waals surface area contributed by atoms with Gasteiger partial charge in [-0.3, -0.25) is 0 Å². The van der Waals surface area contributed by atoms with Gasteiger partial charge in [0, 0.05) is 32.7 Å². The summed E-state index contributed by atoms with van der Waals surface area (Å²) in [6, 6.07) is 4.16. The van der Waals surface area contributed by atoms with E-state index < -0.39 is 0 Å². The van der Waals surface area contributed by atoms with Crippen molar-refractivity contribution in [3.05, 3.63) is 12.1 Å². The van der Waals surface area contributed by atoms with Crippen molar-refractivity contribution < 1.29 is 9.47 Å². The Bertz CT molecular complexity index is 858. The average molecular weight is 399 g/mol. The molecule has 2 aliphatic heterocycles. The number of nitrogens with one attached hydrogen (secondary N) is 1. The molecule has 8 heteroatoms. The Kier molecular flexibility index (Phi) is 5.13. The third-order valence-corrected chi connectivity index (χ3v) is 5.81. The zero-order chi connectivity index (χ0) is 19.8. The van der Waals surface area contributed by atoms with Gasteiger partial charge < -0.3 is 24.6 Å². The van der Waals surface area contributed by atoms with Crippen LogP contribution in [0.4, 0.5) is 17.6 Å². The Morgan fingerprint density at radius 1 is 1.00 bits per heavy atom. The number of hydrogen-bond donors (Lipinski definition) is 1. The fourth-order valence-electron chi connectivity index (χ4n) is 4.15. The Morgan fingerprint density at radius 2 is 1.76 bits per heavy atom. The number of hydrogen-bond acceptors (Lipinski definition) is 8. The third-order valence-electron chi connectivity index (χ3n) is 5.81. The Balaban J connectivity index is 1.52. The zero-order valence-corrected chi connectivity index (χ0v) is 17.3. The Labute approximate surface area is 171 Å². The van der Waals surface area contributed by atoms with E-state index in [2.05, 4.69) is 41.1 Å². The smallest absolute Gasteiger partial charge is 0.229 e. The summed E-state index contributed by atoms with van der Waals surface area (Å²) in [5, 5.41) is 4.47. The van der Waals surface area contributed by atoms with Gasteiger partial charge in [0.1, 0.15) is 11.6 Å². The molecule has 0 spiro atoms. The second kappa shape index (κ2) is 7.91. The molecule has 2 saturated heterocycles. The van der Waals surface area contributed by atoms with Crippen molar-refractivity contribution in [1.29, 1.82) is 0 Å². The molecule has 2 aromatic heterocycles. The summed E-state index contributed by atoms with van der Waals surface area (Å²) in [5.41, 5.74) is 0.754. The number of ether oxygens (including phenoxy) is 2. The molecule has 0 bridgehead atoms. The van der Waals surface area contributed by atoms with E-state index in [4.69, 9.17) is 24.4 Å². The number of nitrogens with zero attached hydrogens (tertiary/aromatic N) is 5. The molecule has 0 aromatic carbocycles. The van der Waals surface area contributed by atoms with Gasteiger partial charge in [-0.2, -0.15) is 9.97 Å². The Morgan fingerprint density at radius 3 is 2.48 bits per heavy atom. The van der Waals surface area contributed by atoms with Gasteiger partial charge >= 0.3 is 0 Å². The number of fused-ring (bicyclic) bond motifs is 1. The van der Waals surface area contributed by atoms with Crippen LogP contribution in [0.5, 0.6) is 0 Å². The molecule has 5 rings (SSSR count). The van der Waals surface area contributed by atoms with E-state index >= 15 is 0 Å². The van der Waals surface area contributed by atoms with Crippen LogP contribution in [0.2, 0.25) is 0 Å². The monoisotopic (exact) mass is 398 g/mol. The number of morpholine rings is 2. The maximum atomic E-state index is 5.90. The van der Waals surface area contributed by atoms with Crippen LogP contribution in [-0.4, -0.2) is 73.1 Å². The average Bonchev–Trinajstić information content (AvgIpc) is 3.56. The first-order chi connectivity index (χ1) is 14.2. The predicted molar refractivity (Wildman–Crippen MR) is 114 cm³/mol. The standard InChI is InChI=1S/C21H30N6O2/c1-14-12-27(13-15(2)29-14)21-24-19-17(20(25-21)26-7-9-28-10-8-26)5-6-18(23-19)22-11-16-3-4-16/h5-6,14-16H,3-4,7-13H2,1-2H3,(H,22,23,24,25). The molecule has 3 aliphatic rings. The van der Waals surface area contributed by atoms with Gasteiger partial charge in [-0.1, -0.05) is 0 Å². The maximum absolute atomic E-state index is 5.90. The normalized spacial score (nSPS) is 25.4. The molecule has 2 unspecified atom stereocenters. The first kappa shape index (κ1) is 18.8. The van der Waals surface area contributed by atoms with E-state index in [0.717, 1.165) is 80.5 Å². The van der Waals surface area contributed by atoms with Crippen LogP contribution in [0, 0.1) is 5.92 Å². The first-order valence-corrected chi connectivity index (χ1v) is 10.8. The van der Waals surface area contributed by atoms with Gasteiger partial charge in [0.15, 0.2) is 5.65 Å². The molecular weight excluding hydrogens is 368 g/mol. The van der Waals surface area contributed by atoms with Crippen LogP contribution in [0.15, 0.2) is 12.1 Å². The largest absolute Gasteiger partial charge is 0.378 e. The molecule has 0 amide bonds. The van der Waals surface area contributed by atoms with Gasteiger partial charge in [0.2, 0.25) is 5.95 Å². The van der Waals surface area contributed by atoms with Crippen molar-refractivity contribution in [2.45, 2.75) is 38.9 Å². The van der Waals surface area contributed by atoms with E-state index in [9.17, 15) is 0 Å². The molecule has 1 aliphatic carbocycles. The van der Waals surface area contributed by atoms with Crippen molar-refractivity contribution in [2.24, 2.45) is 5.92 Å². The molecule has 2 aromatic rings. The lowest BCUT2D eigenvalue weighted by atomic mass is 10.2. The molecule has 29 heavy (non-hydrogen) atoms. The zero-order valence-electron chi connectivity index (χ0n) is 17.3. The molecule has 1 N–H and O–H groups in total. The summed E-state index contributed by atoms with van der Waals surface area (Å²) in [7, 11) is 0. The molecular formula is C21H30N6O2. The second-order valence-electron chi connectivity index (χ2n) is 8.50. The summed E-state index contributed by atoms with van der Waals surface area (Å²) < 4.78 is 11.5. The lowest BCUT2D eigenvalue weighted by Gasteiger charge is -2.36. The van der Waals surface area contributed by atoms with Crippen LogP contribution in [0.1, 0.15) is 26.7 Å². The quantitative estimate of drug-likeness (QED) is 0.822. The molecule has 3 fully saturated rings. The lowest BCUT2D eigenvalue weighted by molar-refractivity contribution is -0.00570. The minimum atomic E-state index is 0.157. The summed E-state index contributed by atoms with van der Waals surface area (Å²) >= 11 is 0. The summed E-state index contributed by atoms with van der Waals surface area (Å²) in [5.74, 6) is 3.40. The maximum Gasteiger partial charge on any atom is 0.229 e. The molecule has 2 atom stereocenters. The van der Waals surface area contributed by atoms with Crippen LogP contribution in [0.3, 0.4) is 0 Å². The fraction of sp³-hybridized carbons (Fsp3) is 0.667. The predicted octanol–water partition coefficient (Wildman–Crippen LogP) is 2.30. The SMILES string of the molecule is CC1CN(c2nc(N3CCOCC3)c3ccc(NCC4CC4)nc3n2)CC(C)O1. The van der Waals surface area contributed by atoms with E-state index in [0.29, 0.717) is 0 Å². The third kappa shape index (κ3) is 4.23. The van der Waals surface area contributed by atoms with Gasteiger partial charge in [-0.25, -0.2) is 4.98 Å². The van der Waals surface area contributed by atoms with Crippen molar-refractivity contribution in [3.63, 3.8) is 0 Å². The molecule has 0 radical (unpaired) electrons. The highest BCUT2D eigenvalue weighted by Gasteiger charge is 2.27. The first-order valence-electron chi connectivity index (χ1n) is 10.8. The van der Waals surface area contributed by atoms with E-state index in [-0.39, 0.29) is 12.2 Å².